The molecule has 19 heavy (non-hydrogen) atoms. The summed E-state index contributed by atoms with van der Waals surface area (Å²) in [6.45, 7) is 4.75. The quantitative estimate of drug-likeness (QED) is 0.930. The maximum absolute atomic E-state index is 5.83. The van der Waals surface area contributed by atoms with Crippen molar-refractivity contribution in [3.8, 4) is 22.6 Å². The van der Waals surface area contributed by atoms with Crippen molar-refractivity contribution < 1.29 is 9.47 Å². The Labute approximate surface area is 118 Å². The van der Waals surface area contributed by atoms with Crippen molar-refractivity contribution >= 4 is 11.3 Å². The first kappa shape index (κ1) is 13.9. The highest BCUT2D eigenvalue weighted by Crippen LogP contribution is 2.39. The smallest absolute Gasteiger partial charge is 0.161 e. The fourth-order valence-corrected chi connectivity index (χ4v) is 3.16. The van der Waals surface area contributed by atoms with Gasteiger partial charge in [0.15, 0.2) is 11.5 Å². The minimum absolute atomic E-state index is 0.549. The van der Waals surface area contributed by atoms with Gasteiger partial charge in [-0.05, 0) is 48.1 Å². The topological polar surface area (TPSA) is 44.5 Å². The molecule has 2 rings (SSSR count). The monoisotopic (exact) mass is 277 g/mol. The zero-order valence-electron chi connectivity index (χ0n) is 11.7. The lowest BCUT2D eigenvalue weighted by Crippen LogP contribution is -1.99. The molecule has 102 valence electrons. The Morgan fingerprint density at radius 2 is 1.74 bits per heavy atom. The lowest BCUT2D eigenvalue weighted by molar-refractivity contribution is 0.355. The largest absolute Gasteiger partial charge is 0.493 e. The van der Waals surface area contributed by atoms with Gasteiger partial charge in [-0.15, -0.1) is 11.3 Å². The summed E-state index contributed by atoms with van der Waals surface area (Å²) in [6, 6.07) is 4.04. The summed E-state index contributed by atoms with van der Waals surface area (Å²) in [7, 11) is 3.30. The first-order valence-electron chi connectivity index (χ1n) is 6.12. The average Bonchev–Trinajstić information content (AvgIpc) is 2.79. The lowest BCUT2D eigenvalue weighted by Gasteiger charge is -2.14. The van der Waals surface area contributed by atoms with Gasteiger partial charge in [-0.25, -0.2) is 0 Å². The van der Waals surface area contributed by atoms with Gasteiger partial charge >= 0.3 is 0 Å². The summed E-state index contributed by atoms with van der Waals surface area (Å²) in [6.07, 6.45) is 0. The van der Waals surface area contributed by atoms with Crippen LogP contribution in [0.1, 0.15) is 16.0 Å². The van der Waals surface area contributed by atoms with E-state index in [0.717, 1.165) is 22.6 Å². The number of ether oxygens (including phenoxy) is 2. The Bertz CT molecular complexity index is 590. The van der Waals surface area contributed by atoms with Gasteiger partial charge in [-0.1, -0.05) is 0 Å². The van der Waals surface area contributed by atoms with Crippen LogP contribution < -0.4 is 15.2 Å². The average molecular weight is 277 g/mol. The second-order valence-electron chi connectivity index (χ2n) is 4.42. The Balaban J connectivity index is 2.65. The zero-order chi connectivity index (χ0) is 14.0. The standard InChI is InChI=1S/C15H19NO2S/c1-9-5-13(17-3)14(18-4)6-12(9)15-10(2)19-8-11(15)7-16/h5-6,8H,7,16H2,1-4H3. The molecule has 0 atom stereocenters. The summed E-state index contributed by atoms with van der Waals surface area (Å²) < 4.78 is 10.7. The molecule has 0 aliphatic carbocycles. The van der Waals surface area contributed by atoms with Crippen LogP contribution in [0.15, 0.2) is 17.5 Å². The van der Waals surface area contributed by atoms with Crippen molar-refractivity contribution in [3.05, 3.63) is 33.5 Å². The molecule has 0 saturated heterocycles. The van der Waals surface area contributed by atoms with E-state index in [1.807, 2.05) is 12.1 Å². The normalized spacial score (nSPS) is 10.6. The Hall–Kier alpha value is -1.52. The van der Waals surface area contributed by atoms with Gasteiger partial charge in [-0.3, -0.25) is 0 Å². The van der Waals surface area contributed by atoms with E-state index in [-0.39, 0.29) is 0 Å². The van der Waals surface area contributed by atoms with Crippen LogP contribution in [0.3, 0.4) is 0 Å². The Kier molecular flexibility index (Phi) is 4.12. The molecule has 4 heteroatoms. The number of methoxy groups -OCH3 is 2. The molecular formula is C15H19NO2S. The first-order valence-corrected chi connectivity index (χ1v) is 7.00. The third-order valence-corrected chi connectivity index (χ3v) is 4.23. The molecule has 1 heterocycles. The molecule has 0 unspecified atom stereocenters. The highest BCUT2D eigenvalue weighted by Gasteiger charge is 2.15. The highest BCUT2D eigenvalue weighted by molar-refractivity contribution is 7.10. The van der Waals surface area contributed by atoms with Crippen molar-refractivity contribution in [1.29, 1.82) is 0 Å². The number of hydrogen-bond donors (Lipinski definition) is 1. The van der Waals surface area contributed by atoms with Gasteiger partial charge in [-0.2, -0.15) is 0 Å². The van der Waals surface area contributed by atoms with E-state index >= 15 is 0 Å². The van der Waals surface area contributed by atoms with Crippen LogP contribution in [-0.4, -0.2) is 14.2 Å². The summed E-state index contributed by atoms with van der Waals surface area (Å²) in [4.78, 5) is 1.27. The van der Waals surface area contributed by atoms with Crippen molar-refractivity contribution in [2.45, 2.75) is 20.4 Å². The predicted octanol–water partition coefficient (Wildman–Crippen LogP) is 3.51. The van der Waals surface area contributed by atoms with Crippen LogP contribution in [-0.2, 0) is 6.54 Å². The molecule has 2 N–H and O–H groups in total. The van der Waals surface area contributed by atoms with Gasteiger partial charge in [0.25, 0.3) is 0 Å². The van der Waals surface area contributed by atoms with Gasteiger partial charge in [0.05, 0.1) is 14.2 Å². The molecular weight excluding hydrogens is 258 g/mol. The van der Waals surface area contributed by atoms with Crippen molar-refractivity contribution in [2.75, 3.05) is 14.2 Å². The first-order chi connectivity index (χ1) is 9.12. The molecule has 0 aliphatic heterocycles. The van der Waals surface area contributed by atoms with Crippen LogP contribution in [0.5, 0.6) is 11.5 Å². The Morgan fingerprint density at radius 1 is 1.11 bits per heavy atom. The van der Waals surface area contributed by atoms with Crippen LogP contribution >= 0.6 is 11.3 Å². The zero-order valence-corrected chi connectivity index (χ0v) is 12.6. The third kappa shape index (κ3) is 2.46. The minimum Gasteiger partial charge on any atom is -0.493 e. The van der Waals surface area contributed by atoms with E-state index in [9.17, 15) is 0 Å². The molecule has 0 fully saturated rings. The van der Waals surface area contributed by atoms with Gasteiger partial charge in [0.1, 0.15) is 0 Å². The van der Waals surface area contributed by atoms with Crippen LogP contribution in [0.2, 0.25) is 0 Å². The fourth-order valence-electron chi connectivity index (χ4n) is 2.27. The van der Waals surface area contributed by atoms with Crippen LogP contribution in [0, 0.1) is 13.8 Å². The lowest BCUT2D eigenvalue weighted by atomic mass is 9.97. The van der Waals surface area contributed by atoms with E-state index in [1.165, 1.54) is 16.0 Å². The summed E-state index contributed by atoms with van der Waals surface area (Å²) in [5.74, 6) is 1.50. The molecule has 1 aromatic heterocycles. The summed E-state index contributed by atoms with van der Waals surface area (Å²) >= 11 is 1.73. The third-order valence-electron chi connectivity index (χ3n) is 3.27. The van der Waals surface area contributed by atoms with Crippen LogP contribution in [0.4, 0.5) is 0 Å². The van der Waals surface area contributed by atoms with Crippen molar-refractivity contribution in [2.24, 2.45) is 5.73 Å². The number of rotatable bonds is 4. The second-order valence-corrected chi connectivity index (χ2v) is 5.50. The van der Waals surface area contributed by atoms with Crippen LogP contribution in [0.25, 0.3) is 11.1 Å². The minimum atomic E-state index is 0.549. The molecule has 3 nitrogen and oxygen atoms in total. The number of nitrogens with two attached hydrogens (primary N) is 1. The predicted molar refractivity (Wildman–Crippen MR) is 80.2 cm³/mol. The van der Waals surface area contributed by atoms with E-state index in [2.05, 4.69) is 19.2 Å². The molecule has 2 aromatic rings. The molecule has 1 aromatic carbocycles. The molecule has 0 radical (unpaired) electrons. The van der Waals surface area contributed by atoms with Gasteiger partial charge in [0, 0.05) is 17.0 Å². The maximum atomic E-state index is 5.83. The summed E-state index contributed by atoms with van der Waals surface area (Å²) in [5.41, 5.74) is 10.6. The van der Waals surface area contributed by atoms with E-state index in [4.69, 9.17) is 15.2 Å². The Morgan fingerprint density at radius 3 is 2.32 bits per heavy atom. The van der Waals surface area contributed by atoms with E-state index in [0.29, 0.717) is 6.54 Å². The fraction of sp³-hybridized carbons (Fsp3) is 0.333. The van der Waals surface area contributed by atoms with Gasteiger partial charge in [0.2, 0.25) is 0 Å². The van der Waals surface area contributed by atoms with E-state index in [1.54, 1.807) is 25.6 Å². The van der Waals surface area contributed by atoms with E-state index < -0.39 is 0 Å². The van der Waals surface area contributed by atoms with Gasteiger partial charge < -0.3 is 15.2 Å². The highest BCUT2D eigenvalue weighted by atomic mass is 32.1. The molecule has 0 bridgehead atoms. The second kappa shape index (κ2) is 5.63. The molecule has 0 spiro atoms. The molecule has 0 saturated carbocycles. The molecule has 0 aliphatic rings. The van der Waals surface area contributed by atoms with Crippen molar-refractivity contribution in [3.63, 3.8) is 0 Å². The maximum Gasteiger partial charge on any atom is 0.161 e. The number of aryl methyl sites for hydroxylation is 2. The number of hydrogen-bond acceptors (Lipinski definition) is 4. The number of thiophene rings is 1. The molecule has 0 amide bonds. The number of benzene rings is 1. The summed E-state index contributed by atoms with van der Waals surface area (Å²) in [5, 5.41) is 2.13. The van der Waals surface area contributed by atoms with Crippen molar-refractivity contribution in [1.82, 2.24) is 0 Å². The SMILES string of the molecule is COc1cc(C)c(-c2c(CN)csc2C)cc1OC.